The van der Waals surface area contributed by atoms with Gasteiger partial charge in [0.1, 0.15) is 0 Å². The zero-order chi connectivity index (χ0) is 20.3. The van der Waals surface area contributed by atoms with Crippen LogP contribution in [0.15, 0.2) is 35.4 Å². The van der Waals surface area contributed by atoms with Crippen LogP contribution in [0.5, 0.6) is 0 Å². The number of carbonyl (C=O) groups is 3. The van der Waals surface area contributed by atoms with Gasteiger partial charge in [0.05, 0.1) is 25.0 Å². The molecular formula is C21H26N2O5. The van der Waals surface area contributed by atoms with Gasteiger partial charge in [0.15, 0.2) is 0 Å². The number of ether oxygens (including phenoxy) is 1. The number of morpholine rings is 1. The highest BCUT2D eigenvalue weighted by molar-refractivity contribution is 5.97. The molecule has 0 radical (unpaired) electrons. The van der Waals surface area contributed by atoms with Crippen LogP contribution >= 0.6 is 0 Å². The fourth-order valence-corrected chi connectivity index (χ4v) is 3.71. The van der Waals surface area contributed by atoms with Crippen molar-refractivity contribution in [2.75, 3.05) is 31.6 Å². The lowest BCUT2D eigenvalue weighted by Gasteiger charge is -2.29. The summed E-state index contributed by atoms with van der Waals surface area (Å²) in [5.41, 5.74) is 3.22. The van der Waals surface area contributed by atoms with E-state index < -0.39 is 17.8 Å². The minimum atomic E-state index is -0.946. The molecule has 2 N–H and O–H groups in total. The summed E-state index contributed by atoms with van der Waals surface area (Å²) in [5, 5.41) is 12.3. The maximum absolute atomic E-state index is 12.7. The van der Waals surface area contributed by atoms with E-state index in [-0.39, 0.29) is 11.8 Å². The molecule has 2 amide bonds. The van der Waals surface area contributed by atoms with Gasteiger partial charge in [-0.2, -0.15) is 0 Å². The summed E-state index contributed by atoms with van der Waals surface area (Å²) >= 11 is 0. The Hall–Kier alpha value is -2.67. The Morgan fingerprint density at radius 3 is 2.14 bits per heavy atom. The molecule has 1 aromatic carbocycles. The summed E-state index contributed by atoms with van der Waals surface area (Å²) in [5.74, 6) is -2.62. The summed E-state index contributed by atoms with van der Waals surface area (Å²) in [4.78, 5) is 38.5. The van der Waals surface area contributed by atoms with Crippen LogP contribution in [0.25, 0.3) is 0 Å². The standard InChI is InChI=1S/C21H26N2O5/c1-13-11-17(18(21(26)27)12-14(13)2)19(24)22-16-5-3-15(4-6-16)20(25)23-7-9-28-10-8-23/h3-6,17-18H,7-12H2,1-2H3,(H,22,24)(H,26,27)/t17-,18+/m1/s1. The molecule has 0 spiro atoms. The molecule has 0 aromatic heterocycles. The Morgan fingerprint density at radius 1 is 1.00 bits per heavy atom. The van der Waals surface area contributed by atoms with E-state index in [1.54, 1.807) is 29.2 Å². The van der Waals surface area contributed by atoms with Crippen LogP contribution in [0, 0.1) is 11.8 Å². The van der Waals surface area contributed by atoms with Gasteiger partial charge in [0, 0.05) is 24.3 Å². The molecule has 2 atom stereocenters. The van der Waals surface area contributed by atoms with Gasteiger partial charge >= 0.3 is 5.97 Å². The molecule has 150 valence electrons. The highest BCUT2D eigenvalue weighted by Gasteiger charge is 2.37. The lowest BCUT2D eigenvalue weighted by Crippen LogP contribution is -2.40. The van der Waals surface area contributed by atoms with Crippen molar-refractivity contribution in [3.05, 3.63) is 41.0 Å². The molecule has 2 aliphatic rings. The minimum Gasteiger partial charge on any atom is -0.481 e. The van der Waals surface area contributed by atoms with Crippen LogP contribution in [0.4, 0.5) is 5.69 Å². The van der Waals surface area contributed by atoms with Gasteiger partial charge in [-0.25, -0.2) is 0 Å². The lowest BCUT2D eigenvalue weighted by molar-refractivity contribution is -0.146. The second kappa shape index (κ2) is 8.56. The van der Waals surface area contributed by atoms with E-state index >= 15 is 0 Å². The first kappa shape index (κ1) is 20.1. The topological polar surface area (TPSA) is 95.9 Å². The van der Waals surface area contributed by atoms with Crippen molar-refractivity contribution in [1.29, 1.82) is 0 Å². The van der Waals surface area contributed by atoms with Gasteiger partial charge < -0.3 is 20.1 Å². The van der Waals surface area contributed by atoms with Crippen molar-refractivity contribution in [2.45, 2.75) is 26.7 Å². The highest BCUT2D eigenvalue weighted by Crippen LogP contribution is 2.35. The van der Waals surface area contributed by atoms with Gasteiger partial charge in [-0.15, -0.1) is 0 Å². The number of benzene rings is 1. The fourth-order valence-electron chi connectivity index (χ4n) is 3.71. The Morgan fingerprint density at radius 2 is 1.57 bits per heavy atom. The Balaban J connectivity index is 1.67. The number of amides is 2. The molecule has 1 aromatic rings. The first-order chi connectivity index (χ1) is 13.4. The number of hydrogen-bond donors (Lipinski definition) is 2. The van der Waals surface area contributed by atoms with E-state index in [0.717, 1.165) is 11.1 Å². The van der Waals surface area contributed by atoms with E-state index in [1.165, 1.54) is 0 Å². The van der Waals surface area contributed by atoms with Gasteiger partial charge in [0.2, 0.25) is 5.91 Å². The van der Waals surface area contributed by atoms with E-state index in [0.29, 0.717) is 50.4 Å². The van der Waals surface area contributed by atoms with E-state index in [2.05, 4.69) is 5.32 Å². The van der Waals surface area contributed by atoms with Gasteiger partial charge in [-0.05, 0) is 51.0 Å². The molecule has 1 fully saturated rings. The molecule has 7 heteroatoms. The molecule has 1 aliphatic heterocycles. The number of aliphatic carboxylic acids is 1. The van der Waals surface area contributed by atoms with E-state index in [1.807, 2.05) is 13.8 Å². The number of nitrogens with one attached hydrogen (secondary N) is 1. The zero-order valence-corrected chi connectivity index (χ0v) is 16.2. The summed E-state index contributed by atoms with van der Waals surface area (Å²) in [6, 6.07) is 6.72. The van der Waals surface area contributed by atoms with E-state index in [4.69, 9.17) is 4.74 Å². The Labute approximate surface area is 164 Å². The number of nitrogens with zero attached hydrogens (tertiary/aromatic N) is 1. The van der Waals surface area contributed by atoms with Crippen LogP contribution in [0.3, 0.4) is 0 Å². The first-order valence-electron chi connectivity index (χ1n) is 9.53. The SMILES string of the molecule is CC1=C(C)C[C@@H](C(=O)Nc2ccc(C(=O)N3CCOCC3)cc2)[C@@H](C(=O)O)C1. The third-order valence-electron chi connectivity index (χ3n) is 5.62. The molecule has 0 saturated carbocycles. The number of hydrogen-bond acceptors (Lipinski definition) is 4. The van der Waals surface area contributed by atoms with Crippen molar-refractivity contribution in [2.24, 2.45) is 11.8 Å². The van der Waals surface area contributed by atoms with Gasteiger partial charge in [-0.1, -0.05) is 11.1 Å². The van der Waals surface area contributed by atoms with Crippen LogP contribution < -0.4 is 5.32 Å². The predicted molar refractivity (Wildman–Crippen MR) is 104 cm³/mol. The number of carboxylic acid groups (broad SMARTS) is 1. The molecule has 7 nitrogen and oxygen atoms in total. The summed E-state index contributed by atoms with van der Waals surface area (Å²) in [7, 11) is 0. The lowest BCUT2D eigenvalue weighted by atomic mass is 9.76. The van der Waals surface area contributed by atoms with Gasteiger partial charge in [-0.3, -0.25) is 14.4 Å². The summed E-state index contributed by atoms with van der Waals surface area (Å²) in [6.07, 6.45) is 0.842. The second-order valence-electron chi connectivity index (χ2n) is 7.49. The van der Waals surface area contributed by atoms with Crippen molar-refractivity contribution in [1.82, 2.24) is 4.90 Å². The Bertz CT molecular complexity index is 794. The predicted octanol–water partition coefficient (Wildman–Crippen LogP) is 2.54. The summed E-state index contributed by atoms with van der Waals surface area (Å²) in [6.45, 7) is 6.09. The van der Waals surface area contributed by atoms with Crippen molar-refractivity contribution in [3.63, 3.8) is 0 Å². The number of carboxylic acids is 1. The normalized spacial score (nSPS) is 22.7. The molecule has 3 rings (SSSR count). The molecule has 1 aliphatic carbocycles. The number of rotatable bonds is 4. The van der Waals surface area contributed by atoms with Crippen LogP contribution in [-0.4, -0.2) is 54.1 Å². The van der Waals surface area contributed by atoms with Crippen LogP contribution in [-0.2, 0) is 14.3 Å². The van der Waals surface area contributed by atoms with Crippen molar-refractivity contribution < 1.29 is 24.2 Å². The highest BCUT2D eigenvalue weighted by atomic mass is 16.5. The van der Waals surface area contributed by atoms with Crippen LogP contribution in [0.1, 0.15) is 37.0 Å². The number of allylic oxidation sites excluding steroid dienone is 2. The first-order valence-corrected chi connectivity index (χ1v) is 9.53. The molecule has 0 unspecified atom stereocenters. The molecule has 0 bridgehead atoms. The maximum atomic E-state index is 12.7. The zero-order valence-electron chi connectivity index (χ0n) is 16.2. The third-order valence-corrected chi connectivity index (χ3v) is 5.62. The Kier molecular flexibility index (Phi) is 6.14. The third kappa shape index (κ3) is 4.42. The molecular weight excluding hydrogens is 360 g/mol. The molecule has 28 heavy (non-hydrogen) atoms. The fraction of sp³-hybridized carbons (Fsp3) is 0.476. The van der Waals surface area contributed by atoms with Crippen LogP contribution in [0.2, 0.25) is 0 Å². The second-order valence-corrected chi connectivity index (χ2v) is 7.49. The molecule has 1 heterocycles. The largest absolute Gasteiger partial charge is 0.481 e. The van der Waals surface area contributed by atoms with Crippen molar-refractivity contribution >= 4 is 23.5 Å². The monoisotopic (exact) mass is 386 g/mol. The number of anilines is 1. The smallest absolute Gasteiger partial charge is 0.307 e. The quantitative estimate of drug-likeness (QED) is 0.776. The minimum absolute atomic E-state index is 0.0596. The number of carbonyl (C=O) groups excluding carboxylic acids is 2. The van der Waals surface area contributed by atoms with E-state index in [9.17, 15) is 19.5 Å². The molecule has 1 saturated heterocycles. The average molecular weight is 386 g/mol. The summed E-state index contributed by atoms with van der Waals surface area (Å²) < 4.78 is 5.26. The van der Waals surface area contributed by atoms with Gasteiger partial charge in [0.25, 0.3) is 5.91 Å². The average Bonchev–Trinajstić information content (AvgIpc) is 2.70. The van der Waals surface area contributed by atoms with Crippen molar-refractivity contribution in [3.8, 4) is 0 Å². The maximum Gasteiger partial charge on any atom is 0.307 e.